The quantitative estimate of drug-likeness (QED) is 0.774. The van der Waals surface area contributed by atoms with Gasteiger partial charge in [0, 0.05) is 6.04 Å². The van der Waals surface area contributed by atoms with Crippen molar-refractivity contribution < 1.29 is 4.39 Å². The summed E-state index contributed by atoms with van der Waals surface area (Å²) in [6.45, 7) is 2.14. The number of nitriles is 1. The van der Waals surface area contributed by atoms with Crippen molar-refractivity contribution in [3.8, 4) is 6.07 Å². The summed E-state index contributed by atoms with van der Waals surface area (Å²) < 4.78 is 13.1. The molecule has 0 spiro atoms. The van der Waals surface area contributed by atoms with Crippen LogP contribution in [0.3, 0.4) is 0 Å². The number of unbranched alkanes of at least 4 members (excludes halogenated alkanes) is 2. The van der Waals surface area contributed by atoms with Crippen LogP contribution in [0, 0.1) is 17.1 Å². The van der Waals surface area contributed by atoms with Crippen LogP contribution in [0.5, 0.6) is 0 Å². The van der Waals surface area contributed by atoms with Crippen molar-refractivity contribution in [2.45, 2.75) is 38.6 Å². The Balaban J connectivity index is 2.69. The molecule has 0 fully saturated rings. The first kappa shape index (κ1) is 12.7. The molecule has 0 radical (unpaired) electrons. The van der Waals surface area contributed by atoms with Gasteiger partial charge in [0.1, 0.15) is 11.9 Å². The summed E-state index contributed by atoms with van der Waals surface area (Å²) in [6.07, 6.45) is 4.25. The normalized spacial score (nSPS) is 12.1. The molecular weight excluding hydrogens is 203 g/mol. The van der Waals surface area contributed by atoms with Crippen LogP contribution in [0.2, 0.25) is 0 Å². The Morgan fingerprint density at radius 3 is 2.81 bits per heavy atom. The summed E-state index contributed by atoms with van der Waals surface area (Å²) in [5, 5.41) is 8.71. The molecule has 2 nitrogen and oxygen atoms in total. The Bertz CT molecular complexity index is 382. The average Bonchev–Trinajstić information content (AvgIpc) is 2.30. The van der Waals surface area contributed by atoms with E-state index in [9.17, 15) is 4.39 Å². The van der Waals surface area contributed by atoms with Crippen LogP contribution in [0.15, 0.2) is 18.2 Å². The number of hydrogen-bond acceptors (Lipinski definition) is 2. The van der Waals surface area contributed by atoms with Gasteiger partial charge < -0.3 is 5.73 Å². The lowest BCUT2D eigenvalue weighted by atomic mass is 9.99. The summed E-state index contributed by atoms with van der Waals surface area (Å²) in [5.41, 5.74) is 6.89. The fraction of sp³-hybridized carbons (Fsp3) is 0.462. The Morgan fingerprint density at radius 1 is 1.44 bits per heavy atom. The van der Waals surface area contributed by atoms with Crippen LogP contribution in [-0.4, -0.2) is 0 Å². The van der Waals surface area contributed by atoms with Crippen LogP contribution < -0.4 is 5.73 Å². The Kier molecular flexibility index (Phi) is 4.94. The predicted molar refractivity (Wildman–Crippen MR) is 62.2 cm³/mol. The highest BCUT2D eigenvalue weighted by Gasteiger charge is 2.09. The zero-order chi connectivity index (χ0) is 12.0. The molecule has 16 heavy (non-hydrogen) atoms. The molecule has 0 bridgehead atoms. The van der Waals surface area contributed by atoms with E-state index in [4.69, 9.17) is 11.0 Å². The lowest BCUT2D eigenvalue weighted by Gasteiger charge is -2.12. The van der Waals surface area contributed by atoms with E-state index in [1.807, 2.05) is 6.07 Å². The Labute approximate surface area is 95.9 Å². The van der Waals surface area contributed by atoms with Gasteiger partial charge in [0.15, 0.2) is 0 Å². The third-order valence-corrected chi connectivity index (χ3v) is 2.66. The first-order valence-corrected chi connectivity index (χ1v) is 5.64. The topological polar surface area (TPSA) is 49.8 Å². The largest absolute Gasteiger partial charge is 0.324 e. The summed E-state index contributed by atoms with van der Waals surface area (Å²) >= 11 is 0. The van der Waals surface area contributed by atoms with Crippen LogP contribution in [-0.2, 0) is 0 Å². The van der Waals surface area contributed by atoms with E-state index in [1.54, 1.807) is 12.1 Å². The number of rotatable bonds is 5. The van der Waals surface area contributed by atoms with Crippen molar-refractivity contribution in [1.82, 2.24) is 0 Å². The molecule has 0 aliphatic carbocycles. The predicted octanol–water partition coefficient (Wildman–Crippen LogP) is 3.28. The number of halogens is 1. The Morgan fingerprint density at radius 2 is 2.19 bits per heavy atom. The van der Waals surface area contributed by atoms with Crippen molar-refractivity contribution >= 4 is 0 Å². The molecule has 0 amide bonds. The van der Waals surface area contributed by atoms with Crippen molar-refractivity contribution in [2.75, 3.05) is 0 Å². The standard InChI is InChI=1S/C13H17FN2/c1-2-3-4-5-13(16)10-6-7-12(14)11(8-10)9-15/h6-8,13H,2-5,16H2,1H3/t13-/m1/s1. The maximum absolute atomic E-state index is 13.1. The lowest BCUT2D eigenvalue weighted by molar-refractivity contribution is 0.577. The number of nitrogens with two attached hydrogens (primary N) is 1. The molecule has 3 heteroatoms. The van der Waals surface area contributed by atoms with Gasteiger partial charge in [-0.3, -0.25) is 0 Å². The van der Waals surface area contributed by atoms with E-state index in [1.165, 1.54) is 6.07 Å². The highest BCUT2D eigenvalue weighted by Crippen LogP contribution is 2.19. The molecule has 1 atom stereocenters. The van der Waals surface area contributed by atoms with E-state index in [0.29, 0.717) is 0 Å². The van der Waals surface area contributed by atoms with Crippen LogP contribution in [0.25, 0.3) is 0 Å². The van der Waals surface area contributed by atoms with Crippen LogP contribution in [0.1, 0.15) is 49.8 Å². The van der Waals surface area contributed by atoms with E-state index >= 15 is 0 Å². The zero-order valence-electron chi connectivity index (χ0n) is 9.54. The molecule has 0 saturated carbocycles. The van der Waals surface area contributed by atoms with Gasteiger partial charge in [0.25, 0.3) is 0 Å². The van der Waals surface area contributed by atoms with Gasteiger partial charge in [-0.15, -0.1) is 0 Å². The van der Waals surface area contributed by atoms with Crippen molar-refractivity contribution in [2.24, 2.45) is 5.73 Å². The molecule has 0 aromatic heterocycles. The SMILES string of the molecule is CCCCC[C@@H](N)c1ccc(F)c(C#N)c1. The molecule has 86 valence electrons. The molecule has 1 rings (SSSR count). The number of hydrogen-bond donors (Lipinski definition) is 1. The van der Waals surface area contributed by atoms with E-state index in [2.05, 4.69) is 6.92 Å². The van der Waals surface area contributed by atoms with Gasteiger partial charge in [-0.2, -0.15) is 5.26 Å². The minimum absolute atomic E-state index is 0.0726. The second kappa shape index (κ2) is 6.24. The lowest BCUT2D eigenvalue weighted by Crippen LogP contribution is -2.10. The third kappa shape index (κ3) is 3.32. The molecular formula is C13H17FN2. The minimum Gasteiger partial charge on any atom is -0.324 e. The first-order chi connectivity index (χ1) is 7.69. The number of nitrogens with zero attached hydrogens (tertiary/aromatic N) is 1. The smallest absolute Gasteiger partial charge is 0.140 e. The molecule has 1 aromatic carbocycles. The van der Waals surface area contributed by atoms with Gasteiger partial charge in [-0.25, -0.2) is 4.39 Å². The summed E-state index contributed by atoms with van der Waals surface area (Å²) in [5.74, 6) is -0.480. The van der Waals surface area contributed by atoms with Crippen molar-refractivity contribution in [3.05, 3.63) is 35.1 Å². The minimum atomic E-state index is -0.480. The highest BCUT2D eigenvalue weighted by molar-refractivity contribution is 5.35. The van der Waals surface area contributed by atoms with Gasteiger partial charge in [0.2, 0.25) is 0 Å². The maximum atomic E-state index is 13.1. The molecule has 2 N–H and O–H groups in total. The molecule has 1 aromatic rings. The van der Waals surface area contributed by atoms with Gasteiger partial charge in [-0.05, 0) is 24.1 Å². The molecule has 0 aliphatic heterocycles. The average molecular weight is 220 g/mol. The van der Waals surface area contributed by atoms with Gasteiger partial charge in [-0.1, -0.05) is 32.3 Å². The third-order valence-electron chi connectivity index (χ3n) is 2.66. The zero-order valence-corrected chi connectivity index (χ0v) is 9.54. The fourth-order valence-electron chi connectivity index (χ4n) is 1.64. The highest BCUT2D eigenvalue weighted by atomic mass is 19.1. The summed E-state index contributed by atoms with van der Waals surface area (Å²) in [7, 11) is 0. The Hall–Kier alpha value is -1.40. The van der Waals surface area contributed by atoms with E-state index < -0.39 is 5.82 Å². The number of benzene rings is 1. The van der Waals surface area contributed by atoms with Crippen LogP contribution >= 0.6 is 0 Å². The summed E-state index contributed by atoms with van der Waals surface area (Å²) in [6, 6.07) is 6.25. The van der Waals surface area contributed by atoms with Crippen LogP contribution in [0.4, 0.5) is 4.39 Å². The maximum Gasteiger partial charge on any atom is 0.140 e. The van der Waals surface area contributed by atoms with Crippen molar-refractivity contribution in [3.63, 3.8) is 0 Å². The molecule has 0 aliphatic rings. The monoisotopic (exact) mass is 220 g/mol. The van der Waals surface area contributed by atoms with Crippen molar-refractivity contribution in [1.29, 1.82) is 5.26 Å². The van der Waals surface area contributed by atoms with Gasteiger partial charge >= 0.3 is 0 Å². The van der Waals surface area contributed by atoms with E-state index in [0.717, 1.165) is 31.2 Å². The first-order valence-electron chi connectivity index (χ1n) is 5.64. The summed E-state index contributed by atoms with van der Waals surface area (Å²) in [4.78, 5) is 0. The second-order valence-corrected chi connectivity index (χ2v) is 3.95. The molecule has 0 heterocycles. The van der Waals surface area contributed by atoms with Gasteiger partial charge in [0.05, 0.1) is 5.56 Å². The molecule has 0 unspecified atom stereocenters. The van der Waals surface area contributed by atoms with E-state index in [-0.39, 0.29) is 11.6 Å². The second-order valence-electron chi connectivity index (χ2n) is 3.95. The molecule has 0 saturated heterocycles. The fourth-order valence-corrected chi connectivity index (χ4v) is 1.64.